The Hall–Kier alpha value is -3.24. The predicted molar refractivity (Wildman–Crippen MR) is 121 cm³/mol. The van der Waals surface area contributed by atoms with Crippen molar-refractivity contribution < 1.29 is 22.9 Å². The van der Waals surface area contributed by atoms with Gasteiger partial charge >= 0.3 is 0 Å². The number of morpholine rings is 1. The van der Waals surface area contributed by atoms with E-state index in [9.17, 15) is 23.3 Å². The average molecular weight is 458 g/mol. The zero-order valence-electron chi connectivity index (χ0n) is 17.5. The minimum Gasteiger partial charge on any atom is -0.378 e. The van der Waals surface area contributed by atoms with Gasteiger partial charge in [0.25, 0.3) is 11.6 Å². The predicted octanol–water partition coefficient (Wildman–Crippen LogP) is 2.70. The molecule has 4 rings (SSSR count). The van der Waals surface area contributed by atoms with Crippen molar-refractivity contribution in [2.24, 2.45) is 0 Å². The molecule has 2 aliphatic rings. The molecule has 0 spiro atoms. The van der Waals surface area contributed by atoms with Crippen molar-refractivity contribution in [1.29, 1.82) is 0 Å². The van der Waals surface area contributed by atoms with Gasteiger partial charge in [-0.15, -0.1) is 0 Å². The summed E-state index contributed by atoms with van der Waals surface area (Å²) < 4.78 is 29.4. The van der Waals surface area contributed by atoms with Gasteiger partial charge in [0, 0.05) is 35.8 Å². The van der Waals surface area contributed by atoms with Crippen LogP contribution in [0.3, 0.4) is 0 Å². The van der Waals surface area contributed by atoms with Crippen molar-refractivity contribution in [3.8, 4) is 0 Å². The molecule has 1 fully saturated rings. The molecule has 0 bridgehead atoms. The highest BCUT2D eigenvalue weighted by atomic mass is 32.2. The quantitative estimate of drug-likeness (QED) is 0.501. The van der Waals surface area contributed by atoms with E-state index >= 15 is 0 Å². The maximum Gasteiger partial charge on any atom is 0.293 e. The van der Waals surface area contributed by atoms with Crippen LogP contribution in [0.5, 0.6) is 0 Å². The van der Waals surface area contributed by atoms with E-state index in [1.54, 1.807) is 24.3 Å². The molecule has 1 atom stereocenters. The Bertz CT molecular complexity index is 1170. The molecule has 10 heteroatoms. The van der Waals surface area contributed by atoms with Crippen LogP contribution in [0.1, 0.15) is 15.9 Å². The Morgan fingerprint density at radius 2 is 1.84 bits per heavy atom. The number of carbonyl (C=O) groups excluding carboxylic acids is 1. The molecule has 0 radical (unpaired) electrons. The van der Waals surface area contributed by atoms with E-state index in [-0.39, 0.29) is 17.0 Å². The summed E-state index contributed by atoms with van der Waals surface area (Å²) in [6.07, 6.45) is 1.48. The van der Waals surface area contributed by atoms with Gasteiger partial charge in [-0.05, 0) is 37.3 Å². The lowest BCUT2D eigenvalue weighted by atomic mass is 10.1. The van der Waals surface area contributed by atoms with Gasteiger partial charge in [0.05, 0.1) is 29.9 Å². The number of amides is 1. The number of hydrogen-bond donors (Lipinski definition) is 0. The first kappa shape index (κ1) is 22.0. The smallest absolute Gasteiger partial charge is 0.293 e. The maximum atomic E-state index is 13.5. The van der Waals surface area contributed by atoms with Crippen LogP contribution in [0.15, 0.2) is 53.9 Å². The summed E-state index contributed by atoms with van der Waals surface area (Å²) in [4.78, 5) is 28.1. The zero-order chi connectivity index (χ0) is 22.9. The fourth-order valence-corrected chi connectivity index (χ4v) is 5.17. The van der Waals surface area contributed by atoms with E-state index in [2.05, 4.69) is 0 Å². The van der Waals surface area contributed by atoms with E-state index in [4.69, 9.17) is 4.74 Å². The van der Waals surface area contributed by atoms with E-state index < -0.39 is 26.7 Å². The number of nitro benzene ring substituents is 1. The third kappa shape index (κ3) is 4.51. The summed E-state index contributed by atoms with van der Waals surface area (Å²) in [5, 5.41) is 12.9. The summed E-state index contributed by atoms with van der Waals surface area (Å²) >= 11 is 0. The first-order valence-corrected chi connectivity index (χ1v) is 11.9. The number of nitrogens with zero attached hydrogens (tertiary/aromatic N) is 3. The lowest BCUT2D eigenvalue weighted by Gasteiger charge is -2.29. The molecule has 0 unspecified atom stereocenters. The van der Waals surface area contributed by atoms with Crippen LogP contribution in [-0.2, 0) is 14.6 Å². The maximum absolute atomic E-state index is 13.5. The number of carbonyl (C=O) groups is 1. The van der Waals surface area contributed by atoms with Crippen LogP contribution in [0.25, 0.3) is 0 Å². The number of benzene rings is 2. The highest BCUT2D eigenvalue weighted by molar-refractivity contribution is 7.94. The highest BCUT2D eigenvalue weighted by Crippen LogP contribution is 2.32. The van der Waals surface area contributed by atoms with Gasteiger partial charge in [-0.2, -0.15) is 0 Å². The van der Waals surface area contributed by atoms with Gasteiger partial charge < -0.3 is 14.5 Å². The molecule has 2 aliphatic heterocycles. The fraction of sp³-hybridized carbons (Fsp3) is 0.318. The Morgan fingerprint density at radius 3 is 2.44 bits per heavy atom. The molecule has 1 saturated heterocycles. The van der Waals surface area contributed by atoms with Crippen LogP contribution in [0.4, 0.5) is 17.1 Å². The Morgan fingerprint density at radius 1 is 1.16 bits per heavy atom. The summed E-state index contributed by atoms with van der Waals surface area (Å²) in [5.74, 6) is -0.738. The fourth-order valence-electron chi connectivity index (χ4n) is 3.90. The number of sulfone groups is 1. The zero-order valence-corrected chi connectivity index (χ0v) is 18.3. The SMILES string of the molecule is Cc1ccc(N(C(=O)c2ccc(N3CCOCC3)c([N+](=O)[O-])c2)[C@H]2C=CS(=O)(=O)C2)cc1. The highest BCUT2D eigenvalue weighted by Gasteiger charge is 2.33. The molecule has 1 amide bonds. The van der Waals surface area contributed by atoms with Crippen LogP contribution < -0.4 is 9.80 Å². The second kappa shape index (κ2) is 8.71. The third-order valence-electron chi connectivity index (χ3n) is 5.54. The van der Waals surface area contributed by atoms with Crippen molar-refractivity contribution in [3.05, 3.63) is 75.2 Å². The van der Waals surface area contributed by atoms with Crippen LogP contribution >= 0.6 is 0 Å². The van der Waals surface area contributed by atoms with E-state index in [0.29, 0.717) is 37.7 Å². The van der Waals surface area contributed by atoms with Crippen LogP contribution in [-0.4, -0.2) is 57.3 Å². The van der Waals surface area contributed by atoms with E-state index in [0.717, 1.165) is 11.0 Å². The van der Waals surface area contributed by atoms with Gasteiger partial charge in [-0.3, -0.25) is 14.9 Å². The summed E-state index contributed by atoms with van der Waals surface area (Å²) in [5.41, 5.74) is 1.89. The number of rotatable bonds is 5. The number of hydrogen-bond acceptors (Lipinski definition) is 7. The Balaban J connectivity index is 1.73. The summed E-state index contributed by atoms with van der Waals surface area (Å²) in [6.45, 7) is 3.90. The molecule has 2 aromatic rings. The lowest BCUT2D eigenvalue weighted by Crippen LogP contribution is -2.41. The van der Waals surface area contributed by atoms with E-state index in [1.165, 1.54) is 17.0 Å². The standard InChI is InChI=1S/C22H23N3O6S/c1-16-2-5-18(6-3-16)24(19-8-13-32(29,30)15-19)22(26)17-4-7-20(21(14-17)25(27)28)23-9-11-31-12-10-23/h2-8,13-14,19H,9-12,15H2,1H3/t19-/m0/s1. The van der Waals surface area contributed by atoms with Crippen LogP contribution in [0.2, 0.25) is 0 Å². The normalized spacial score (nSPS) is 19.7. The van der Waals surface area contributed by atoms with Crippen molar-refractivity contribution in [1.82, 2.24) is 0 Å². The molecule has 0 aromatic heterocycles. The lowest BCUT2D eigenvalue weighted by molar-refractivity contribution is -0.384. The molecule has 0 aliphatic carbocycles. The monoisotopic (exact) mass is 457 g/mol. The van der Waals surface area contributed by atoms with Gasteiger partial charge in [0.1, 0.15) is 5.69 Å². The second-order valence-corrected chi connectivity index (χ2v) is 9.73. The molecular weight excluding hydrogens is 434 g/mol. The van der Waals surface area contributed by atoms with Crippen LogP contribution in [0, 0.1) is 17.0 Å². The Labute approximate surface area is 186 Å². The molecule has 168 valence electrons. The van der Waals surface area contributed by atoms with Gasteiger partial charge in [-0.1, -0.05) is 17.7 Å². The summed E-state index contributed by atoms with van der Waals surface area (Å²) in [7, 11) is -3.42. The minimum absolute atomic E-state index is 0.118. The second-order valence-electron chi connectivity index (χ2n) is 7.80. The first-order valence-electron chi connectivity index (χ1n) is 10.2. The average Bonchev–Trinajstić information content (AvgIpc) is 3.14. The number of nitro groups is 1. The van der Waals surface area contributed by atoms with Gasteiger partial charge in [-0.25, -0.2) is 8.42 Å². The van der Waals surface area contributed by atoms with Gasteiger partial charge in [0.15, 0.2) is 9.84 Å². The number of anilines is 2. The first-order chi connectivity index (χ1) is 15.2. The molecule has 2 aromatic carbocycles. The molecule has 0 saturated carbocycles. The molecule has 9 nitrogen and oxygen atoms in total. The van der Waals surface area contributed by atoms with Crippen molar-refractivity contribution in [2.45, 2.75) is 13.0 Å². The van der Waals surface area contributed by atoms with E-state index in [1.807, 2.05) is 24.0 Å². The van der Waals surface area contributed by atoms with Crippen molar-refractivity contribution in [3.63, 3.8) is 0 Å². The molecule has 2 heterocycles. The summed E-state index contributed by atoms with van der Waals surface area (Å²) in [6, 6.07) is 10.8. The topological polar surface area (TPSA) is 110 Å². The minimum atomic E-state index is -3.42. The largest absolute Gasteiger partial charge is 0.378 e. The molecule has 0 N–H and O–H groups in total. The Kier molecular flexibility index (Phi) is 5.98. The molecule has 32 heavy (non-hydrogen) atoms. The van der Waals surface area contributed by atoms with Gasteiger partial charge in [0.2, 0.25) is 0 Å². The third-order valence-corrected chi connectivity index (χ3v) is 6.92. The number of aryl methyl sites for hydroxylation is 1. The van der Waals surface area contributed by atoms with Crippen molar-refractivity contribution in [2.75, 3.05) is 41.9 Å². The molecular formula is C22H23N3O6S. The van der Waals surface area contributed by atoms with Crippen molar-refractivity contribution >= 4 is 32.8 Å². The number of ether oxygens (including phenoxy) is 1.